The van der Waals surface area contributed by atoms with Gasteiger partial charge in [0.15, 0.2) is 0 Å². The van der Waals surface area contributed by atoms with Gasteiger partial charge in [0.1, 0.15) is 6.04 Å². The van der Waals surface area contributed by atoms with Gasteiger partial charge >= 0.3 is 0 Å². The zero-order valence-electron chi connectivity index (χ0n) is 25.7. The van der Waals surface area contributed by atoms with E-state index in [9.17, 15) is 9.59 Å². The number of carbonyl (C=O) groups is 2. The lowest BCUT2D eigenvalue weighted by atomic mass is 10.1. The maximum atomic E-state index is 12.9. The summed E-state index contributed by atoms with van der Waals surface area (Å²) in [5, 5.41) is 9.23. The molecule has 0 bridgehead atoms. The van der Waals surface area contributed by atoms with Gasteiger partial charge in [-0.15, -0.1) is 6.54 Å². The molecule has 0 unspecified atom stereocenters. The normalized spacial score (nSPS) is 15.5. The first-order valence-electron chi connectivity index (χ1n) is 16.2. The molecule has 1 saturated heterocycles. The molecular weight excluding hydrogens is 524 g/mol. The first kappa shape index (κ1) is 36.8. The molecule has 1 aliphatic heterocycles. The highest BCUT2D eigenvalue weighted by Gasteiger charge is 2.22. The average molecular weight is 584 g/mol. The topological polar surface area (TPSA) is 90.8 Å². The zero-order chi connectivity index (χ0) is 29.1. The number of hydrogen-bond donors (Lipinski definition) is 3. The fraction of sp³-hybridized carbons (Fsp3) is 0.871. The number of amides is 2. The molecule has 2 amide bonds. The summed E-state index contributed by atoms with van der Waals surface area (Å²) < 4.78 is 0. The number of piperazine rings is 1. The van der Waals surface area contributed by atoms with Crippen LogP contribution in [-0.2, 0) is 9.59 Å². The Morgan fingerprint density at radius 1 is 0.800 bits per heavy atom. The fourth-order valence-corrected chi connectivity index (χ4v) is 5.17. The number of nitrogens with zero attached hydrogens (tertiary/aromatic N) is 3. The van der Waals surface area contributed by atoms with E-state index >= 15 is 0 Å². The number of rotatable bonds is 26. The molecule has 8 nitrogen and oxygen atoms in total. The molecule has 1 heterocycles. The van der Waals surface area contributed by atoms with Gasteiger partial charge < -0.3 is 20.8 Å². The molecule has 0 spiro atoms. The second-order valence-electron chi connectivity index (χ2n) is 11.2. The van der Waals surface area contributed by atoms with Crippen molar-refractivity contribution in [3.8, 4) is 0 Å². The molecule has 1 atom stereocenters. The maximum Gasteiger partial charge on any atom is 0.243 e. The average Bonchev–Trinajstić information content (AvgIpc) is 2.96. The van der Waals surface area contributed by atoms with Crippen LogP contribution in [0.2, 0.25) is 0 Å². The summed E-state index contributed by atoms with van der Waals surface area (Å²) in [5.74, 6) is -0.126. The van der Waals surface area contributed by atoms with Crippen LogP contribution in [0.4, 0.5) is 0 Å². The summed E-state index contributed by atoms with van der Waals surface area (Å²) in [6.07, 6.45) is 23.4. The Balaban J connectivity index is 2.18. The summed E-state index contributed by atoms with van der Waals surface area (Å²) in [7, 11) is 1.96. The number of halogens is 1. The molecule has 0 saturated carbocycles. The minimum atomic E-state index is -0.503. The summed E-state index contributed by atoms with van der Waals surface area (Å²) in [6, 6.07) is -0.503. The third-order valence-electron chi connectivity index (χ3n) is 7.63. The van der Waals surface area contributed by atoms with Crippen LogP contribution in [0.5, 0.6) is 0 Å². The summed E-state index contributed by atoms with van der Waals surface area (Å²) >= 11 is 5.44. The summed E-state index contributed by atoms with van der Waals surface area (Å²) in [4.78, 5) is 33.8. The minimum absolute atomic E-state index is 0.0273. The molecule has 9 heteroatoms. The highest BCUT2D eigenvalue weighted by molar-refractivity contribution is 6.24. The molecule has 0 aromatic carbocycles. The Hall–Kier alpha value is -1.19. The van der Waals surface area contributed by atoms with Crippen LogP contribution in [0.15, 0.2) is 12.2 Å². The third-order valence-corrected chi connectivity index (χ3v) is 7.80. The predicted molar refractivity (Wildman–Crippen MR) is 169 cm³/mol. The van der Waals surface area contributed by atoms with Crippen molar-refractivity contribution in [2.24, 2.45) is 0 Å². The van der Waals surface area contributed by atoms with Gasteiger partial charge in [-0.2, -0.15) is 0 Å². The van der Waals surface area contributed by atoms with Crippen LogP contribution in [0.1, 0.15) is 116 Å². The van der Waals surface area contributed by atoms with Gasteiger partial charge in [0.2, 0.25) is 11.8 Å². The Kier molecular flexibility index (Phi) is 24.6. The smallest absolute Gasteiger partial charge is 0.243 e. The highest BCUT2D eigenvalue weighted by atomic mass is 35.5. The van der Waals surface area contributed by atoms with Crippen molar-refractivity contribution in [2.45, 2.75) is 122 Å². The molecule has 0 aromatic heterocycles. The zero-order valence-corrected chi connectivity index (χ0v) is 26.5. The molecule has 40 heavy (non-hydrogen) atoms. The van der Waals surface area contributed by atoms with Gasteiger partial charge in [-0.25, -0.2) is 0 Å². The second kappa shape index (κ2) is 26.7. The number of allylic oxidation sites excluding steroid dienone is 2. The van der Waals surface area contributed by atoms with Crippen molar-refractivity contribution >= 4 is 23.6 Å². The van der Waals surface area contributed by atoms with Crippen LogP contribution in [0.3, 0.4) is 0 Å². The molecule has 234 valence electrons. The van der Waals surface area contributed by atoms with Crippen molar-refractivity contribution in [1.82, 2.24) is 25.8 Å². The monoisotopic (exact) mass is 583 g/mol. The largest absolute Gasteiger partial charge is 0.575 e. The molecule has 1 aliphatic rings. The Morgan fingerprint density at radius 2 is 1.38 bits per heavy atom. The minimum Gasteiger partial charge on any atom is -0.575 e. The highest BCUT2D eigenvalue weighted by Crippen LogP contribution is 2.11. The lowest BCUT2D eigenvalue weighted by Crippen LogP contribution is -2.54. The number of carbonyl (C=O) groups excluding carboxylic acids is 2. The van der Waals surface area contributed by atoms with Crippen LogP contribution in [-0.4, -0.2) is 80.8 Å². The van der Waals surface area contributed by atoms with E-state index in [2.05, 4.69) is 49.7 Å². The SMILES string of the molecule is CCCCCCCC/C=C\CCCCCCCC(=O)N[C@@H](CCCC[N-]Cl)C(=O)NCN1CCN(CNC)CC1. The second-order valence-corrected chi connectivity index (χ2v) is 11.5. The maximum absolute atomic E-state index is 12.9. The van der Waals surface area contributed by atoms with E-state index in [1.54, 1.807) is 0 Å². The van der Waals surface area contributed by atoms with E-state index in [0.29, 0.717) is 26.1 Å². The van der Waals surface area contributed by atoms with Crippen LogP contribution in [0.25, 0.3) is 4.84 Å². The Bertz CT molecular complexity index is 643. The number of nitrogens with one attached hydrogen (secondary N) is 3. The quantitative estimate of drug-likeness (QED) is 0.0848. The van der Waals surface area contributed by atoms with Gasteiger partial charge in [0, 0.05) is 39.3 Å². The van der Waals surface area contributed by atoms with Crippen molar-refractivity contribution in [3.63, 3.8) is 0 Å². The van der Waals surface area contributed by atoms with Gasteiger partial charge in [0.05, 0.1) is 6.67 Å². The predicted octanol–water partition coefficient (Wildman–Crippen LogP) is 6.07. The van der Waals surface area contributed by atoms with Crippen molar-refractivity contribution in [3.05, 3.63) is 17.0 Å². The Labute approximate surface area is 250 Å². The lowest BCUT2D eigenvalue weighted by molar-refractivity contribution is -0.129. The van der Waals surface area contributed by atoms with E-state index in [4.69, 9.17) is 11.8 Å². The molecule has 0 radical (unpaired) electrons. The van der Waals surface area contributed by atoms with E-state index in [-0.39, 0.29) is 11.8 Å². The van der Waals surface area contributed by atoms with Crippen molar-refractivity contribution in [2.75, 3.05) is 53.1 Å². The Morgan fingerprint density at radius 3 is 1.98 bits per heavy atom. The van der Waals surface area contributed by atoms with E-state index in [0.717, 1.165) is 71.4 Å². The van der Waals surface area contributed by atoms with Crippen LogP contribution in [0, 0.1) is 0 Å². The van der Waals surface area contributed by atoms with Crippen LogP contribution < -0.4 is 16.0 Å². The number of hydrogen-bond acceptors (Lipinski definition) is 5. The molecule has 1 fully saturated rings. The standard InChI is InChI=1S/C31H60ClN6O2/c1-3-4-5-6-7-8-9-10-11-12-13-14-15-16-17-21-30(39)36-29(20-18-19-22-35-32)31(40)34-28-38-25-23-37(24-26-38)27-33-2/h10-11,29,33H,3-9,12-28H2,1-2H3,(H,34,40)(H,36,39)/q-1/b11-10-/t29-/m0/s1. The third kappa shape index (κ3) is 20.7. The van der Waals surface area contributed by atoms with E-state index < -0.39 is 6.04 Å². The summed E-state index contributed by atoms with van der Waals surface area (Å²) in [5.41, 5.74) is 0. The molecular formula is C31H60ClN6O2-. The van der Waals surface area contributed by atoms with Gasteiger partial charge in [-0.1, -0.05) is 83.3 Å². The first-order chi connectivity index (χ1) is 19.6. The van der Waals surface area contributed by atoms with Gasteiger partial charge in [0.25, 0.3) is 0 Å². The molecule has 0 aliphatic carbocycles. The fourth-order valence-electron chi connectivity index (χ4n) is 5.05. The van der Waals surface area contributed by atoms with Gasteiger partial charge in [-0.05, 0) is 45.6 Å². The van der Waals surface area contributed by atoms with Crippen LogP contribution >= 0.6 is 11.8 Å². The number of unbranched alkanes of at least 4 members (excludes halogenated alkanes) is 12. The molecule has 3 N–H and O–H groups in total. The lowest BCUT2D eigenvalue weighted by Gasteiger charge is -2.34. The van der Waals surface area contributed by atoms with E-state index in [1.807, 2.05) is 7.05 Å². The molecule has 0 aromatic rings. The van der Waals surface area contributed by atoms with Crippen molar-refractivity contribution in [1.29, 1.82) is 0 Å². The first-order valence-corrected chi connectivity index (χ1v) is 16.5. The van der Waals surface area contributed by atoms with Crippen molar-refractivity contribution < 1.29 is 9.59 Å². The molecule has 1 rings (SSSR count). The van der Waals surface area contributed by atoms with Gasteiger partial charge in [-0.3, -0.25) is 31.2 Å². The summed E-state index contributed by atoms with van der Waals surface area (Å²) in [6.45, 7) is 8.04. The van der Waals surface area contributed by atoms with E-state index in [1.165, 1.54) is 57.8 Å².